The second-order valence-corrected chi connectivity index (χ2v) is 4.15. The first-order valence-electron chi connectivity index (χ1n) is 5.27. The number of hydrogen-bond donors (Lipinski definition) is 1. The van der Waals surface area contributed by atoms with Crippen LogP contribution in [0.15, 0.2) is 5.10 Å². The van der Waals surface area contributed by atoms with Gasteiger partial charge >= 0.3 is 0 Å². The zero-order valence-corrected chi connectivity index (χ0v) is 8.79. The monoisotopic (exact) mass is 195 g/mol. The van der Waals surface area contributed by atoms with E-state index in [1.165, 1.54) is 11.4 Å². The maximum absolute atomic E-state index is 11.5. The average molecular weight is 195 g/mol. The second-order valence-electron chi connectivity index (χ2n) is 4.15. The minimum absolute atomic E-state index is 0.00935. The Labute approximate surface area is 84.3 Å². The molecule has 0 aromatic rings. The zero-order valence-electron chi connectivity index (χ0n) is 8.79. The molecule has 2 unspecified atom stereocenters. The fraction of sp³-hybridized carbons (Fsp3) is 0.800. The van der Waals surface area contributed by atoms with Gasteiger partial charge in [0.05, 0.1) is 11.6 Å². The lowest BCUT2D eigenvalue weighted by molar-refractivity contribution is -0.130. The van der Waals surface area contributed by atoms with Crippen LogP contribution >= 0.6 is 0 Å². The molecule has 14 heavy (non-hydrogen) atoms. The molecule has 0 aliphatic carbocycles. The lowest BCUT2D eigenvalue weighted by Crippen LogP contribution is -2.36. The fourth-order valence-corrected chi connectivity index (χ4v) is 2.26. The van der Waals surface area contributed by atoms with Crippen molar-refractivity contribution in [2.45, 2.75) is 19.8 Å². The lowest BCUT2D eigenvalue weighted by atomic mass is 9.88. The highest BCUT2D eigenvalue weighted by Gasteiger charge is 2.34. The van der Waals surface area contributed by atoms with Crippen LogP contribution in [0, 0.1) is 11.8 Å². The van der Waals surface area contributed by atoms with Crippen molar-refractivity contribution in [2.75, 3.05) is 20.1 Å². The van der Waals surface area contributed by atoms with E-state index in [2.05, 4.69) is 10.4 Å². The largest absolute Gasteiger partial charge is 0.316 e. The van der Waals surface area contributed by atoms with Gasteiger partial charge in [0.2, 0.25) is 0 Å². The highest BCUT2D eigenvalue weighted by molar-refractivity contribution is 6.08. The minimum atomic E-state index is -0.00935. The van der Waals surface area contributed by atoms with Gasteiger partial charge < -0.3 is 5.32 Å². The van der Waals surface area contributed by atoms with Gasteiger partial charge in [0.1, 0.15) is 0 Å². The Morgan fingerprint density at radius 3 is 2.86 bits per heavy atom. The Morgan fingerprint density at radius 1 is 1.57 bits per heavy atom. The number of hydrazone groups is 1. The normalized spacial score (nSPS) is 33.4. The molecule has 1 saturated heterocycles. The van der Waals surface area contributed by atoms with Crippen LogP contribution in [0.25, 0.3) is 0 Å². The number of rotatable bonds is 1. The van der Waals surface area contributed by atoms with Crippen LogP contribution < -0.4 is 5.32 Å². The van der Waals surface area contributed by atoms with Crippen LogP contribution in [0.4, 0.5) is 0 Å². The lowest BCUT2D eigenvalue weighted by Gasteiger charge is -2.23. The van der Waals surface area contributed by atoms with Gasteiger partial charge in [-0.25, -0.2) is 5.01 Å². The van der Waals surface area contributed by atoms with Crippen molar-refractivity contribution < 1.29 is 4.79 Å². The van der Waals surface area contributed by atoms with E-state index in [1.54, 1.807) is 7.05 Å². The summed E-state index contributed by atoms with van der Waals surface area (Å²) in [5.41, 5.74) is 1.07. The fourth-order valence-electron chi connectivity index (χ4n) is 2.26. The maximum atomic E-state index is 11.5. The van der Waals surface area contributed by atoms with Gasteiger partial charge in [0.15, 0.2) is 0 Å². The summed E-state index contributed by atoms with van der Waals surface area (Å²) in [7, 11) is 1.74. The molecular weight excluding hydrogens is 178 g/mol. The molecule has 1 amide bonds. The maximum Gasteiger partial charge on any atom is 0.250 e. The van der Waals surface area contributed by atoms with Crippen molar-refractivity contribution in [1.82, 2.24) is 10.3 Å². The van der Waals surface area contributed by atoms with Crippen LogP contribution in [-0.2, 0) is 4.79 Å². The van der Waals surface area contributed by atoms with Gasteiger partial charge in [-0.05, 0) is 26.3 Å². The van der Waals surface area contributed by atoms with Crippen LogP contribution in [0.5, 0.6) is 0 Å². The highest BCUT2D eigenvalue weighted by Crippen LogP contribution is 2.23. The van der Waals surface area contributed by atoms with Gasteiger partial charge in [0.25, 0.3) is 5.91 Å². The minimum Gasteiger partial charge on any atom is -0.316 e. The molecule has 2 aliphatic rings. The van der Waals surface area contributed by atoms with E-state index in [4.69, 9.17) is 0 Å². The SMILES string of the molecule is CC1C(=O)N(C)N=C1C1CCCNC1. The predicted molar refractivity (Wildman–Crippen MR) is 55.0 cm³/mol. The molecule has 0 spiro atoms. The number of carbonyl (C=O) groups is 1. The van der Waals surface area contributed by atoms with E-state index in [-0.39, 0.29) is 11.8 Å². The summed E-state index contributed by atoms with van der Waals surface area (Å²) >= 11 is 0. The van der Waals surface area contributed by atoms with Gasteiger partial charge in [-0.15, -0.1) is 0 Å². The van der Waals surface area contributed by atoms with E-state index in [9.17, 15) is 4.79 Å². The molecule has 0 saturated carbocycles. The first kappa shape index (κ1) is 9.65. The van der Waals surface area contributed by atoms with Crippen molar-refractivity contribution >= 4 is 11.6 Å². The average Bonchev–Trinajstić information content (AvgIpc) is 2.47. The number of nitrogens with one attached hydrogen (secondary N) is 1. The van der Waals surface area contributed by atoms with E-state index in [1.807, 2.05) is 6.92 Å². The Bertz CT molecular complexity index is 269. The van der Waals surface area contributed by atoms with Crippen LogP contribution in [0.3, 0.4) is 0 Å². The number of nitrogens with zero attached hydrogens (tertiary/aromatic N) is 2. The molecule has 1 fully saturated rings. The van der Waals surface area contributed by atoms with E-state index in [0.717, 1.165) is 25.2 Å². The summed E-state index contributed by atoms with van der Waals surface area (Å²) < 4.78 is 0. The third-order valence-corrected chi connectivity index (χ3v) is 3.11. The second kappa shape index (κ2) is 3.69. The molecule has 4 heteroatoms. The Balaban J connectivity index is 2.10. The standard InChI is InChI=1S/C10H17N3O/c1-7-9(12-13(2)10(7)14)8-4-3-5-11-6-8/h7-8,11H,3-6H2,1-2H3. The number of hydrogen-bond acceptors (Lipinski definition) is 3. The van der Waals surface area contributed by atoms with Gasteiger partial charge in [-0.2, -0.15) is 5.10 Å². The van der Waals surface area contributed by atoms with Crippen molar-refractivity contribution in [3.05, 3.63) is 0 Å². The molecule has 2 aliphatic heterocycles. The summed E-state index contributed by atoms with van der Waals surface area (Å²) in [6, 6.07) is 0. The van der Waals surface area contributed by atoms with Gasteiger partial charge in [0, 0.05) is 19.5 Å². The topological polar surface area (TPSA) is 44.7 Å². The molecule has 4 nitrogen and oxygen atoms in total. The molecule has 0 aromatic carbocycles. The molecule has 2 heterocycles. The third kappa shape index (κ3) is 1.54. The first-order valence-corrected chi connectivity index (χ1v) is 5.27. The summed E-state index contributed by atoms with van der Waals surface area (Å²) in [6.07, 6.45) is 2.35. The first-order chi connectivity index (χ1) is 6.70. The van der Waals surface area contributed by atoms with Crippen molar-refractivity contribution in [3.8, 4) is 0 Å². The smallest absolute Gasteiger partial charge is 0.250 e. The molecule has 1 N–H and O–H groups in total. The molecule has 78 valence electrons. The molecule has 2 atom stereocenters. The zero-order chi connectivity index (χ0) is 10.1. The van der Waals surface area contributed by atoms with Crippen LogP contribution in [0.1, 0.15) is 19.8 Å². The predicted octanol–water partition coefficient (Wildman–Crippen LogP) is 0.450. The summed E-state index contributed by atoms with van der Waals surface area (Å²) in [5.74, 6) is 0.586. The van der Waals surface area contributed by atoms with Gasteiger partial charge in [-0.1, -0.05) is 0 Å². The summed E-state index contributed by atoms with van der Waals surface area (Å²) in [6.45, 7) is 4.03. The van der Waals surface area contributed by atoms with Gasteiger partial charge in [-0.3, -0.25) is 4.79 Å². The van der Waals surface area contributed by atoms with Crippen molar-refractivity contribution in [3.63, 3.8) is 0 Å². The molecule has 2 rings (SSSR count). The number of piperidine rings is 1. The Hall–Kier alpha value is -0.900. The molecule has 0 bridgehead atoms. The van der Waals surface area contributed by atoms with E-state index in [0.29, 0.717) is 5.92 Å². The molecular formula is C10H17N3O. The van der Waals surface area contributed by atoms with Crippen molar-refractivity contribution in [1.29, 1.82) is 0 Å². The van der Waals surface area contributed by atoms with E-state index < -0.39 is 0 Å². The molecule has 0 aromatic heterocycles. The van der Waals surface area contributed by atoms with E-state index >= 15 is 0 Å². The summed E-state index contributed by atoms with van der Waals surface area (Å²) in [4.78, 5) is 11.5. The Kier molecular flexibility index (Phi) is 2.54. The highest BCUT2D eigenvalue weighted by atomic mass is 16.2. The number of amides is 1. The third-order valence-electron chi connectivity index (χ3n) is 3.11. The Morgan fingerprint density at radius 2 is 2.36 bits per heavy atom. The molecule has 0 radical (unpaired) electrons. The van der Waals surface area contributed by atoms with Crippen LogP contribution in [-0.4, -0.2) is 36.8 Å². The quantitative estimate of drug-likeness (QED) is 0.660. The van der Waals surface area contributed by atoms with Crippen LogP contribution in [0.2, 0.25) is 0 Å². The summed E-state index contributed by atoms with van der Waals surface area (Å²) in [5, 5.41) is 9.17. The number of carbonyl (C=O) groups excluding carboxylic acids is 1. The van der Waals surface area contributed by atoms with Crippen molar-refractivity contribution in [2.24, 2.45) is 16.9 Å².